The Morgan fingerprint density at radius 3 is 2.90 bits per heavy atom. The molecule has 1 unspecified atom stereocenters. The number of hydrogen-bond acceptors (Lipinski definition) is 2. The summed E-state index contributed by atoms with van der Waals surface area (Å²) in [5.41, 5.74) is 5.47. The molecule has 0 aliphatic carbocycles. The predicted octanol–water partition coefficient (Wildman–Crippen LogP) is 3.23. The Morgan fingerprint density at radius 2 is 2.05 bits per heavy atom. The van der Waals surface area contributed by atoms with Gasteiger partial charge in [0.25, 0.3) is 0 Å². The first-order valence-corrected chi connectivity index (χ1v) is 6.81. The van der Waals surface area contributed by atoms with E-state index >= 15 is 0 Å². The maximum Gasteiger partial charge on any atom is 0.0867 e. The van der Waals surface area contributed by atoms with E-state index in [0.29, 0.717) is 6.42 Å². The van der Waals surface area contributed by atoms with Crippen molar-refractivity contribution in [2.24, 2.45) is 0 Å². The Hall–Kier alpha value is -2.13. The number of aliphatic hydroxyl groups excluding tert-OH is 1. The maximum atomic E-state index is 10.5. The molecule has 3 aromatic rings. The fourth-order valence-corrected chi connectivity index (χ4v) is 2.55. The van der Waals surface area contributed by atoms with E-state index < -0.39 is 6.10 Å². The normalized spacial score (nSPS) is 12.8. The van der Waals surface area contributed by atoms with Crippen LogP contribution in [0.25, 0.3) is 5.52 Å². The highest BCUT2D eigenvalue weighted by Gasteiger charge is 2.15. The molecule has 1 N–H and O–H groups in total. The highest BCUT2D eigenvalue weighted by atomic mass is 16.3. The zero-order chi connectivity index (χ0) is 14.1. The Balaban J connectivity index is 1.93. The van der Waals surface area contributed by atoms with Crippen molar-refractivity contribution in [3.63, 3.8) is 0 Å². The summed E-state index contributed by atoms with van der Waals surface area (Å²) >= 11 is 0. The Kier molecular flexibility index (Phi) is 3.28. The van der Waals surface area contributed by atoms with Crippen LogP contribution >= 0.6 is 0 Å². The monoisotopic (exact) mass is 266 g/mol. The largest absolute Gasteiger partial charge is 0.388 e. The molecule has 0 amide bonds. The molecular weight excluding hydrogens is 248 g/mol. The van der Waals surface area contributed by atoms with Crippen molar-refractivity contribution in [3.05, 3.63) is 71.0 Å². The van der Waals surface area contributed by atoms with Crippen molar-refractivity contribution >= 4 is 5.52 Å². The van der Waals surface area contributed by atoms with E-state index in [2.05, 4.69) is 37.1 Å². The van der Waals surface area contributed by atoms with Gasteiger partial charge in [-0.15, -0.1) is 0 Å². The van der Waals surface area contributed by atoms with Gasteiger partial charge in [-0.2, -0.15) is 5.10 Å². The molecule has 3 nitrogen and oxygen atoms in total. The van der Waals surface area contributed by atoms with Crippen LogP contribution in [0, 0.1) is 13.8 Å². The zero-order valence-corrected chi connectivity index (χ0v) is 11.7. The van der Waals surface area contributed by atoms with Gasteiger partial charge >= 0.3 is 0 Å². The molecule has 3 heteroatoms. The zero-order valence-electron chi connectivity index (χ0n) is 11.7. The van der Waals surface area contributed by atoms with Gasteiger partial charge in [0.05, 0.1) is 17.8 Å². The van der Waals surface area contributed by atoms with E-state index in [1.165, 1.54) is 16.7 Å². The van der Waals surface area contributed by atoms with Crippen molar-refractivity contribution in [3.8, 4) is 0 Å². The highest BCUT2D eigenvalue weighted by molar-refractivity contribution is 5.54. The third kappa shape index (κ3) is 2.32. The van der Waals surface area contributed by atoms with Crippen LogP contribution in [-0.2, 0) is 6.42 Å². The molecule has 20 heavy (non-hydrogen) atoms. The van der Waals surface area contributed by atoms with Gasteiger partial charge in [0.2, 0.25) is 0 Å². The molecule has 0 saturated heterocycles. The Bertz CT molecular complexity index is 746. The van der Waals surface area contributed by atoms with Gasteiger partial charge < -0.3 is 5.11 Å². The van der Waals surface area contributed by atoms with Crippen LogP contribution in [0.2, 0.25) is 0 Å². The maximum absolute atomic E-state index is 10.5. The van der Waals surface area contributed by atoms with Gasteiger partial charge in [-0.1, -0.05) is 29.8 Å². The van der Waals surface area contributed by atoms with Gasteiger partial charge in [-0.25, -0.2) is 4.52 Å². The standard InChI is InChI=1S/C17H18N2O/c1-12-6-7-13(2)14(9-12)10-17(20)15-11-18-19-8-4-3-5-16(15)19/h3-9,11,17,20H,10H2,1-2H3. The van der Waals surface area contributed by atoms with E-state index in [9.17, 15) is 5.11 Å². The number of nitrogens with zero attached hydrogens (tertiary/aromatic N) is 2. The van der Waals surface area contributed by atoms with Crippen LogP contribution in [0.1, 0.15) is 28.4 Å². The number of hydrogen-bond donors (Lipinski definition) is 1. The van der Waals surface area contributed by atoms with E-state index in [1.54, 1.807) is 10.7 Å². The second-order valence-electron chi connectivity index (χ2n) is 5.28. The van der Waals surface area contributed by atoms with Gasteiger partial charge in [0, 0.05) is 18.2 Å². The van der Waals surface area contributed by atoms with Crippen LogP contribution in [0.4, 0.5) is 0 Å². The molecule has 102 valence electrons. The minimum absolute atomic E-state index is 0.532. The van der Waals surface area contributed by atoms with Gasteiger partial charge in [0.15, 0.2) is 0 Å². The summed E-state index contributed by atoms with van der Waals surface area (Å²) in [4.78, 5) is 0. The van der Waals surface area contributed by atoms with Gasteiger partial charge in [-0.3, -0.25) is 0 Å². The van der Waals surface area contributed by atoms with E-state index in [1.807, 2.05) is 24.4 Å². The third-order valence-electron chi connectivity index (χ3n) is 3.73. The lowest BCUT2D eigenvalue weighted by Crippen LogP contribution is -2.03. The molecule has 0 spiro atoms. The van der Waals surface area contributed by atoms with E-state index in [0.717, 1.165) is 11.1 Å². The third-order valence-corrected chi connectivity index (χ3v) is 3.73. The summed E-state index contributed by atoms with van der Waals surface area (Å²) in [5.74, 6) is 0. The quantitative estimate of drug-likeness (QED) is 0.790. The fraction of sp³-hybridized carbons (Fsp3) is 0.235. The van der Waals surface area contributed by atoms with E-state index in [4.69, 9.17) is 0 Å². The number of aryl methyl sites for hydroxylation is 2. The van der Waals surface area contributed by atoms with Crippen LogP contribution in [0.5, 0.6) is 0 Å². The first-order valence-electron chi connectivity index (χ1n) is 6.81. The number of fused-ring (bicyclic) bond motifs is 1. The topological polar surface area (TPSA) is 37.5 Å². The van der Waals surface area contributed by atoms with Crippen molar-refractivity contribution in [1.82, 2.24) is 9.61 Å². The molecule has 0 aliphatic heterocycles. The van der Waals surface area contributed by atoms with Crippen LogP contribution in [0.15, 0.2) is 48.8 Å². The summed E-state index contributed by atoms with van der Waals surface area (Å²) in [6.45, 7) is 4.15. The first kappa shape index (κ1) is 12.9. The number of aliphatic hydroxyl groups is 1. The second-order valence-corrected chi connectivity index (χ2v) is 5.28. The second kappa shape index (κ2) is 5.10. The fourth-order valence-electron chi connectivity index (χ4n) is 2.55. The smallest absolute Gasteiger partial charge is 0.0867 e. The lowest BCUT2D eigenvalue weighted by Gasteiger charge is -2.12. The number of benzene rings is 1. The average Bonchev–Trinajstić information content (AvgIpc) is 2.87. The van der Waals surface area contributed by atoms with Crippen LogP contribution in [-0.4, -0.2) is 14.7 Å². The minimum Gasteiger partial charge on any atom is -0.388 e. The summed E-state index contributed by atoms with van der Waals surface area (Å²) in [7, 11) is 0. The van der Waals surface area contributed by atoms with E-state index in [-0.39, 0.29) is 0 Å². The number of aromatic nitrogens is 2. The molecule has 1 atom stereocenters. The molecule has 2 heterocycles. The van der Waals surface area contributed by atoms with Gasteiger partial charge in [0.1, 0.15) is 0 Å². The van der Waals surface area contributed by atoms with Crippen LogP contribution in [0.3, 0.4) is 0 Å². The molecule has 0 bridgehead atoms. The summed E-state index contributed by atoms with van der Waals surface area (Å²) < 4.78 is 1.79. The van der Waals surface area contributed by atoms with Crippen LogP contribution < -0.4 is 0 Å². The first-order chi connectivity index (χ1) is 9.65. The molecule has 2 aromatic heterocycles. The summed E-state index contributed by atoms with van der Waals surface area (Å²) in [5, 5.41) is 14.8. The van der Waals surface area contributed by atoms with Crippen molar-refractivity contribution in [2.45, 2.75) is 26.4 Å². The lowest BCUT2D eigenvalue weighted by atomic mass is 9.97. The SMILES string of the molecule is Cc1ccc(C)c(CC(O)c2cnn3ccccc23)c1. The highest BCUT2D eigenvalue weighted by Crippen LogP contribution is 2.24. The van der Waals surface area contributed by atoms with Crippen molar-refractivity contribution in [2.75, 3.05) is 0 Å². The number of rotatable bonds is 3. The Morgan fingerprint density at radius 1 is 1.20 bits per heavy atom. The average molecular weight is 266 g/mol. The minimum atomic E-state index is -0.532. The summed E-state index contributed by atoms with van der Waals surface area (Å²) in [6, 6.07) is 12.2. The van der Waals surface area contributed by atoms with Crippen molar-refractivity contribution in [1.29, 1.82) is 0 Å². The van der Waals surface area contributed by atoms with Gasteiger partial charge in [-0.05, 0) is 37.1 Å². The number of pyridine rings is 1. The molecule has 0 radical (unpaired) electrons. The Labute approximate surface area is 118 Å². The molecule has 0 saturated carbocycles. The molecular formula is C17H18N2O. The predicted molar refractivity (Wildman–Crippen MR) is 79.8 cm³/mol. The molecule has 0 aliphatic rings. The summed E-state index contributed by atoms with van der Waals surface area (Å²) in [6.07, 6.45) is 3.73. The van der Waals surface area contributed by atoms with Crippen molar-refractivity contribution < 1.29 is 5.11 Å². The molecule has 1 aromatic carbocycles. The molecule has 0 fully saturated rings. The molecule has 3 rings (SSSR count). The lowest BCUT2D eigenvalue weighted by molar-refractivity contribution is 0.179.